The summed E-state index contributed by atoms with van der Waals surface area (Å²) in [7, 11) is 0. The van der Waals surface area contributed by atoms with Gasteiger partial charge in [0.2, 0.25) is 0 Å². The first-order valence-electron chi connectivity index (χ1n) is 5.15. The monoisotopic (exact) mass is 241 g/mol. The minimum atomic E-state index is -0.402. The van der Waals surface area contributed by atoms with Crippen molar-refractivity contribution in [2.24, 2.45) is 10.7 Å². The van der Waals surface area contributed by atoms with E-state index >= 15 is 0 Å². The molecule has 86 valence electrons. The van der Waals surface area contributed by atoms with Crippen molar-refractivity contribution in [3.63, 3.8) is 0 Å². The van der Waals surface area contributed by atoms with E-state index in [4.69, 9.17) is 17.3 Å². The molecule has 0 saturated carbocycles. The zero-order valence-electron chi connectivity index (χ0n) is 8.95. The number of hydrogen-bond acceptors (Lipinski definition) is 3. The van der Waals surface area contributed by atoms with Crippen LogP contribution in [-0.2, 0) is 0 Å². The van der Waals surface area contributed by atoms with Gasteiger partial charge in [-0.2, -0.15) is 0 Å². The Morgan fingerprint density at radius 3 is 3.00 bits per heavy atom. The average molecular weight is 242 g/mol. The fraction of sp³-hybridized carbons (Fsp3) is 0.364. The maximum absolute atomic E-state index is 13.0. The summed E-state index contributed by atoms with van der Waals surface area (Å²) in [6.07, 6.45) is 0. The van der Waals surface area contributed by atoms with Gasteiger partial charge in [-0.05, 0) is 24.6 Å². The molecule has 5 heteroatoms. The van der Waals surface area contributed by atoms with E-state index in [1.54, 1.807) is 12.1 Å². The largest absolute Gasteiger partial charge is 0.370 e. The van der Waals surface area contributed by atoms with E-state index in [2.05, 4.69) is 4.99 Å². The first-order chi connectivity index (χ1) is 7.63. The number of guanidine groups is 1. The highest BCUT2D eigenvalue weighted by Gasteiger charge is 2.26. The SMILES string of the molecule is CCN1C(N)=NCC1c1ccc(F)c(Cl)c1. The highest BCUT2D eigenvalue weighted by atomic mass is 35.5. The van der Waals surface area contributed by atoms with Gasteiger partial charge >= 0.3 is 0 Å². The Morgan fingerprint density at radius 1 is 1.62 bits per heavy atom. The summed E-state index contributed by atoms with van der Waals surface area (Å²) in [5, 5.41) is 0.138. The zero-order valence-corrected chi connectivity index (χ0v) is 9.71. The van der Waals surface area contributed by atoms with Gasteiger partial charge in [-0.3, -0.25) is 4.99 Å². The molecule has 2 rings (SSSR count). The topological polar surface area (TPSA) is 41.6 Å². The molecule has 0 amide bonds. The van der Waals surface area contributed by atoms with Crippen LogP contribution in [0.25, 0.3) is 0 Å². The lowest BCUT2D eigenvalue weighted by molar-refractivity contribution is 0.364. The number of aliphatic imine (C=N–C) groups is 1. The Bertz CT molecular complexity index is 433. The highest BCUT2D eigenvalue weighted by Crippen LogP contribution is 2.28. The molecule has 1 aromatic rings. The summed E-state index contributed by atoms with van der Waals surface area (Å²) >= 11 is 5.76. The number of hydrogen-bond donors (Lipinski definition) is 1. The number of benzene rings is 1. The molecule has 0 aliphatic carbocycles. The molecule has 0 fully saturated rings. The van der Waals surface area contributed by atoms with Crippen molar-refractivity contribution in [2.75, 3.05) is 13.1 Å². The predicted octanol–water partition coefficient (Wildman–Crippen LogP) is 2.17. The molecule has 0 saturated heterocycles. The summed E-state index contributed by atoms with van der Waals surface area (Å²) in [5.41, 5.74) is 6.70. The van der Waals surface area contributed by atoms with Crippen molar-refractivity contribution in [1.29, 1.82) is 0 Å². The van der Waals surface area contributed by atoms with Gasteiger partial charge in [0.25, 0.3) is 0 Å². The van der Waals surface area contributed by atoms with E-state index in [0.29, 0.717) is 12.5 Å². The Labute approximate surface area is 98.7 Å². The quantitative estimate of drug-likeness (QED) is 0.862. The van der Waals surface area contributed by atoms with Gasteiger partial charge in [-0.25, -0.2) is 4.39 Å². The van der Waals surface area contributed by atoms with E-state index in [-0.39, 0.29) is 11.1 Å². The molecule has 1 aromatic carbocycles. The molecular formula is C11H13ClFN3. The minimum absolute atomic E-state index is 0.0723. The minimum Gasteiger partial charge on any atom is -0.370 e. The van der Waals surface area contributed by atoms with Crippen LogP contribution in [0, 0.1) is 5.82 Å². The van der Waals surface area contributed by atoms with Crippen molar-refractivity contribution in [3.8, 4) is 0 Å². The van der Waals surface area contributed by atoms with Crippen LogP contribution >= 0.6 is 11.6 Å². The lowest BCUT2D eigenvalue weighted by Crippen LogP contribution is -2.35. The third kappa shape index (κ3) is 1.85. The van der Waals surface area contributed by atoms with E-state index in [0.717, 1.165) is 12.1 Å². The second-order valence-corrected chi connectivity index (χ2v) is 4.08. The second kappa shape index (κ2) is 4.29. The first kappa shape index (κ1) is 11.2. The molecule has 2 N–H and O–H groups in total. The zero-order chi connectivity index (χ0) is 11.7. The van der Waals surface area contributed by atoms with E-state index in [1.807, 2.05) is 11.8 Å². The molecule has 3 nitrogen and oxygen atoms in total. The van der Waals surface area contributed by atoms with Crippen molar-refractivity contribution < 1.29 is 4.39 Å². The van der Waals surface area contributed by atoms with Gasteiger partial charge in [0.15, 0.2) is 5.96 Å². The van der Waals surface area contributed by atoms with Crippen LogP contribution in [0.4, 0.5) is 4.39 Å². The molecule has 0 aromatic heterocycles. The van der Waals surface area contributed by atoms with Crippen LogP contribution < -0.4 is 5.73 Å². The van der Waals surface area contributed by atoms with E-state index < -0.39 is 5.82 Å². The van der Waals surface area contributed by atoms with Gasteiger partial charge < -0.3 is 10.6 Å². The first-order valence-corrected chi connectivity index (χ1v) is 5.52. The summed E-state index contributed by atoms with van der Waals surface area (Å²) < 4.78 is 13.0. The van der Waals surface area contributed by atoms with Crippen molar-refractivity contribution in [3.05, 3.63) is 34.6 Å². The third-order valence-corrected chi connectivity index (χ3v) is 3.06. The van der Waals surface area contributed by atoms with Crippen LogP contribution in [0.1, 0.15) is 18.5 Å². The summed E-state index contributed by atoms with van der Waals surface area (Å²) in [6, 6.07) is 4.81. The molecule has 1 aliphatic rings. The number of halogens is 2. The normalized spacial score (nSPS) is 20.1. The lowest BCUT2D eigenvalue weighted by Gasteiger charge is -2.25. The fourth-order valence-electron chi connectivity index (χ4n) is 1.92. The molecular weight excluding hydrogens is 229 g/mol. The maximum atomic E-state index is 13.0. The van der Waals surface area contributed by atoms with Crippen LogP contribution in [-0.4, -0.2) is 23.9 Å². The molecule has 1 unspecified atom stereocenters. The van der Waals surface area contributed by atoms with Crippen LogP contribution in [0.3, 0.4) is 0 Å². The Hall–Kier alpha value is -1.29. The van der Waals surface area contributed by atoms with Gasteiger partial charge in [-0.15, -0.1) is 0 Å². The molecule has 0 bridgehead atoms. The van der Waals surface area contributed by atoms with Crippen molar-refractivity contribution in [1.82, 2.24) is 4.90 Å². The number of nitrogens with zero attached hydrogens (tertiary/aromatic N) is 2. The molecule has 1 heterocycles. The van der Waals surface area contributed by atoms with Gasteiger partial charge in [0.05, 0.1) is 17.6 Å². The molecule has 1 atom stereocenters. The molecule has 1 aliphatic heterocycles. The van der Waals surface area contributed by atoms with Gasteiger partial charge in [0.1, 0.15) is 5.82 Å². The van der Waals surface area contributed by atoms with E-state index in [1.165, 1.54) is 6.07 Å². The van der Waals surface area contributed by atoms with Crippen LogP contribution in [0.2, 0.25) is 5.02 Å². The molecule has 0 radical (unpaired) electrons. The van der Waals surface area contributed by atoms with Crippen molar-refractivity contribution in [2.45, 2.75) is 13.0 Å². The Kier molecular flexibility index (Phi) is 3.01. The van der Waals surface area contributed by atoms with Gasteiger partial charge in [-0.1, -0.05) is 17.7 Å². The number of rotatable bonds is 2. The molecule has 16 heavy (non-hydrogen) atoms. The third-order valence-electron chi connectivity index (χ3n) is 2.77. The summed E-state index contributed by atoms with van der Waals surface area (Å²) in [4.78, 5) is 6.16. The average Bonchev–Trinajstić information content (AvgIpc) is 2.63. The predicted molar refractivity (Wildman–Crippen MR) is 63.0 cm³/mol. The Morgan fingerprint density at radius 2 is 2.38 bits per heavy atom. The molecule has 0 spiro atoms. The van der Waals surface area contributed by atoms with Crippen molar-refractivity contribution >= 4 is 17.6 Å². The standard InChI is InChI=1S/C11H13ClFN3/c1-2-16-10(6-15-11(16)14)7-3-4-9(13)8(12)5-7/h3-5,10H,2,6H2,1H3,(H2,14,15). The van der Waals surface area contributed by atoms with E-state index in [9.17, 15) is 4.39 Å². The fourth-order valence-corrected chi connectivity index (χ4v) is 2.11. The Balaban J connectivity index is 2.28. The number of likely N-dealkylation sites (N-methyl/N-ethyl adjacent to an activating group) is 1. The van der Waals surface area contributed by atoms with Crippen LogP contribution in [0.15, 0.2) is 23.2 Å². The smallest absolute Gasteiger partial charge is 0.191 e. The highest BCUT2D eigenvalue weighted by molar-refractivity contribution is 6.30. The van der Waals surface area contributed by atoms with Crippen LogP contribution in [0.5, 0.6) is 0 Å². The lowest BCUT2D eigenvalue weighted by atomic mass is 10.1. The number of nitrogens with two attached hydrogens (primary N) is 1. The summed E-state index contributed by atoms with van der Waals surface area (Å²) in [5.74, 6) is 0.133. The second-order valence-electron chi connectivity index (χ2n) is 3.67. The maximum Gasteiger partial charge on any atom is 0.191 e. The summed E-state index contributed by atoms with van der Waals surface area (Å²) in [6.45, 7) is 3.38. The van der Waals surface area contributed by atoms with Gasteiger partial charge in [0, 0.05) is 6.54 Å².